The van der Waals surface area contributed by atoms with Crippen LogP contribution in [0.3, 0.4) is 0 Å². The number of carbonyl (C=O) groups excluding carboxylic acids is 1. The van der Waals surface area contributed by atoms with Gasteiger partial charge in [-0.05, 0) is 62.5 Å². The maximum atomic E-state index is 12.4. The number of nitrogens with one attached hydrogen (secondary N) is 1. The van der Waals surface area contributed by atoms with Crippen molar-refractivity contribution in [3.63, 3.8) is 0 Å². The fraction of sp³-hybridized carbons (Fsp3) is 0.167. The lowest BCUT2D eigenvalue weighted by Crippen LogP contribution is -2.42. The van der Waals surface area contributed by atoms with Gasteiger partial charge >= 0.3 is 12.1 Å². The third-order valence-corrected chi connectivity index (χ3v) is 6.25. The van der Waals surface area contributed by atoms with Crippen LogP contribution in [0.1, 0.15) is 22.6 Å². The van der Waals surface area contributed by atoms with Gasteiger partial charge in [0, 0.05) is 12.3 Å². The average Bonchev–Trinajstić information content (AvgIpc) is 3.08. The van der Waals surface area contributed by atoms with E-state index >= 15 is 0 Å². The third kappa shape index (κ3) is 4.51. The first kappa shape index (κ1) is 21.2. The second-order valence-electron chi connectivity index (χ2n) is 7.35. The molecule has 4 rings (SSSR count). The van der Waals surface area contributed by atoms with Gasteiger partial charge in [0.15, 0.2) is 0 Å². The summed E-state index contributed by atoms with van der Waals surface area (Å²) in [6.07, 6.45) is -0.696. The highest BCUT2D eigenvalue weighted by Gasteiger charge is 2.29. The summed E-state index contributed by atoms with van der Waals surface area (Å²) in [5.41, 5.74) is 5.11. The molecule has 7 heteroatoms. The number of carboxylic acids is 1. The molecular weight excluding hydrogens is 509 g/mol. The summed E-state index contributed by atoms with van der Waals surface area (Å²) in [7, 11) is 0. The Kier molecular flexibility index (Phi) is 6.13. The molecule has 0 fully saturated rings. The minimum atomic E-state index is -1.16. The van der Waals surface area contributed by atoms with E-state index in [9.17, 15) is 19.8 Å². The van der Waals surface area contributed by atoms with Crippen LogP contribution in [0.25, 0.3) is 11.1 Å². The Bertz CT molecular complexity index is 1100. The van der Waals surface area contributed by atoms with Crippen molar-refractivity contribution in [1.29, 1.82) is 0 Å². The molecule has 0 radical (unpaired) electrons. The number of rotatable bonds is 6. The van der Waals surface area contributed by atoms with Gasteiger partial charge in [-0.1, -0.05) is 54.6 Å². The van der Waals surface area contributed by atoms with Crippen molar-refractivity contribution < 1.29 is 24.5 Å². The Balaban J connectivity index is 1.43. The van der Waals surface area contributed by atoms with Crippen LogP contribution < -0.4 is 5.32 Å². The first-order valence-electron chi connectivity index (χ1n) is 9.75. The quantitative estimate of drug-likeness (QED) is 0.408. The zero-order valence-electron chi connectivity index (χ0n) is 16.4. The van der Waals surface area contributed by atoms with E-state index in [-0.39, 0.29) is 24.7 Å². The van der Waals surface area contributed by atoms with E-state index in [1.807, 2.05) is 71.1 Å². The zero-order valence-corrected chi connectivity index (χ0v) is 18.6. The van der Waals surface area contributed by atoms with E-state index in [2.05, 4.69) is 5.32 Å². The number of phenolic OH excluding ortho intramolecular Hbond substituents is 1. The van der Waals surface area contributed by atoms with Crippen LogP contribution in [0.4, 0.5) is 4.79 Å². The maximum Gasteiger partial charge on any atom is 0.407 e. The van der Waals surface area contributed by atoms with Crippen molar-refractivity contribution in [3.05, 3.63) is 87.0 Å². The van der Waals surface area contributed by atoms with E-state index in [4.69, 9.17) is 4.74 Å². The number of hydrogen-bond donors (Lipinski definition) is 3. The molecular formula is C24H20INO5. The number of aliphatic carboxylic acids is 1. The lowest BCUT2D eigenvalue weighted by Gasteiger charge is -2.17. The number of carboxylic acid groups (broad SMARTS) is 1. The molecule has 0 aliphatic heterocycles. The second kappa shape index (κ2) is 8.97. The number of alkyl carbamates (subject to hydrolysis) is 1. The van der Waals surface area contributed by atoms with Crippen molar-refractivity contribution in [3.8, 4) is 16.9 Å². The Labute approximate surface area is 193 Å². The van der Waals surface area contributed by atoms with Gasteiger partial charge in [-0.2, -0.15) is 0 Å². The average molecular weight is 529 g/mol. The molecule has 0 bridgehead atoms. The molecule has 3 aromatic rings. The Morgan fingerprint density at radius 2 is 1.61 bits per heavy atom. The van der Waals surface area contributed by atoms with Crippen LogP contribution >= 0.6 is 22.6 Å². The van der Waals surface area contributed by atoms with E-state index in [1.165, 1.54) is 6.07 Å². The number of halogens is 1. The molecule has 3 N–H and O–H groups in total. The highest BCUT2D eigenvalue weighted by Crippen LogP contribution is 2.44. The van der Waals surface area contributed by atoms with Gasteiger partial charge in [0.05, 0.1) is 3.57 Å². The number of fused-ring (bicyclic) bond motifs is 3. The van der Waals surface area contributed by atoms with Crippen molar-refractivity contribution in [2.75, 3.05) is 6.61 Å². The van der Waals surface area contributed by atoms with Gasteiger partial charge in [0.2, 0.25) is 0 Å². The number of amides is 1. The summed E-state index contributed by atoms with van der Waals surface area (Å²) in [6, 6.07) is 19.7. The van der Waals surface area contributed by atoms with Gasteiger partial charge in [-0.25, -0.2) is 9.59 Å². The van der Waals surface area contributed by atoms with Crippen molar-refractivity contribution >= 4 is 34.7 Å². The number of ether oxygens (including phenoxy) is 1. The first-order chi connectivity index (χ1) is 14.9. The fourth-order valence-corrected chi connectivity index (χ4v) is 4.48. The van der Waals surface area contributed by atoms with Crippen LogP contribution in [0.2, 0.25) is 0 Å². The van der Waals surface area contributed by atoms with E-state index in [0.717, 1.165) is 22.3 Å². The molecule has 1 aliphatic rings. The molecule has 0 saturated heterocycles. The van der Waals surface area contributed by atoms with E-state index in [0.29, 0.717) is 9.13 Å². The largest absolute Gasteiger partial charge is 0.507 e. The molecule has 0 spiro atoms. The lowest BCUT2D eigenvalue weighted by atomic mass is 9.98. The first-order valence-corrected chi connectivity index (χ1v) is 10.8. The number of phenols is 1. The summed E-state index contributed by atoms with van der Waals surface area (Å²) in [4.78, 5) is 24.1. The molecule has 31 heavy (non-hydrogen) atoms. The van der Waals surface area contributed by atoms with Crippen LogP contribution in [0.15, 0.2) is 66.7 Å². The Hall–Kier alpha value is -3.07. The van der Waals surface area contributed by atoms with Crippen molar-refractivity contribution in [1.82, 2.24) is 5.32 Å². The van der Waals surface area contributed by atoms with E-state index in [1.54, 1.807) is 12.1 Å². The normalized spacial score (nSPS) is 13.2. The number of aromatic hydroxyl groups is 1. The topological polar surface area (TPSA) is 95.9 Å². The lowest BCUT2D eigenvalue weighted by molar-refractivity contribution is -0.139. The summed E-state index contributed by atoms with van der Waals surface area (Å²) < 4.78 is 6.06. The van der Waals surface area contributed by atoms with Gasteiger partial charge < -0.3 is 20.3 Å². The highest BCUT2D eigenvalue weighted by atomic mass is 127. The van der Waals surface area contributed by atoms with Gasteiger partial charge in [-0.3, -0.25) is 0 Å². The standard InChI is InChI=1S/C24H20INO5/c25-20-11-14(9-10-22(20)27)12-21(23(28)29)26-24(30)31-13-19-17-7-3-1-5-15(17)16-6-2-4-8-18(16)19/h1-11,19,21,27H,12-13H2,(H,26,30)(H,28,29). The third-order valence-electron chi connectivity index (χ3n) is 5.39. The van der Waals surface area contributed by atoms with Gasteiger partial charge in [0.25, 0.3) is 0 Å². The Morgan fingerprint density at radius 3 is 2.19 bits per heavy atom. The minimum Gasteiger partial charge on any atom is -0.507 e. The number of benzene rings is 3. The predicted molar refractivity (Wildman–Crippen MR) is 124 cm³/mol. The second-order valence-corrected chi connectivity index (χ2v) is 8.51. The molecule has 0 heterocycles. The van der Waals surface area contributed by atoms with Crippen LogP contribution in [0.5, 0.6) is 5.75 Å². The molecule has 3 aromatic carbocycles. The van der Waals surface area contributed by atoms with Crippen LogP contribution in [-0.4, -0.2) is 34.9 Å². The minimum absolute atomic E-state index is 0.0792. The molecule has 0 aromatic heterocycles. The monoisotopic (exact) mass is 529 g/mol. The zero-order chi connectivity index (χ0) is 22.0. The summed E-state index contributed by atoms with van der Waals surface area (Å²) in [6.45, 7) is 0.114. The predicted octanol–water partition coefficient (Wildman–Crippen LogP) is 4.53. The summed E-state index contributed by atoms with van der Waals surface area (Å²) in [5.74, 6) is -1.13. The molecule has 1 unspecified atom stereocenters. The van der Waals surface area contributed by atoms with Crippen molar-refractivity contribution in [2.45, 2.75) is 18.4 Å². The maximum absolute atomic E-state index is 12.4. The molecule has 1 amide bonds. The highest BCUT2D eigenvalue weighted by molar-refractivity contribution is 14.1. The van der Waals surface area contributed by atoms with Crippen LogP contribution in [-0.2, 0) is 16.0 Å². The van der Waals surface area contributed by atoms with Crippen LogP contribution in [0, 0.1) is 3.57 Å². The molecule has 158 valence electrons. The fourth-order valence-electron chi connectivity index (χ4n) is 3.90. The van der Waals surface area contributed by atoms with Gasteiger partial charge in [0.1, 0.15) is 18.4 Å². The molecule has 1 aliphatic carbocycles. The van der Waals surface area contributed by atoms with E-state index < -0.39 is 18.1 Å². The van der Waals surface area contributed by atoms with Gasteiger partial charge in [-0.15, -0.1) is 0 Å². The number of hydrogen-bond acceptors (Lipinski definition) is 4. The van der Waals surface area contributed by atoms with Crippen molar-refractivity contribution in [2.24, 2.45) is 0 Å². The summed E-state index contributed by atoms with van der Waals surface area (Å²) in [5, 5.41) is 21.6. The number of carbonyl (C=O) groups is 2. The molecule has 6 nitrogen and oxygen atoms in total. The SMILES string of the molecule is O=C(NC(Cc1ccc(O)c(I)c1)C(=O)O)OCC1c2ccccc2-c2ccccc21. The summed E-state index contributed by atoms with van der Waals surface area (Å²) >= 11 is 1.97. The molecule has 0 saturated carbocycles. The Morgan fingerprint density at radius 1 is 1.00 bits per heavy atom. The smallest absolute Gasteiger partial charge is 0.407 e. The molecule has 1 atom stereocenters.